The van der Waals surface area contributed by atoms with E-state index in [1.165, 1.54) is 31.5 Å². The molecule has 0 unspecified atom stereocenters. The van der Waals surface area contributed by atoms with Gasteiger partial charge in [0.05, 0.1) is 17.7 Å². The lowest BCUT2D eigenvalue weighted by Crippen LogP contribution is -2.25. The van der Waals surface area contributed by atoms with Crippen LogP contribution in [0.2, 0.25) is 5.02 Å². The van der Waals surface area contributed by atoms with Crippen LogP contribution in [0.3, 0.4) is 0 Å². The van der Waals surface area contributed by atoms with E-state index in [9.17, 15) is 20.2 Å². The minimum Gasteiger partial charge on any atom is -0.467 e. The van der Waals surface area contributed by atoms with Crippen LogP contribution in [0.5, 0.6) is 5.88 Å². The van der Waals surface area contributed by atoms with Crippen molar-refractivity contribution in [2.75, 3.05) is 13.7 Å². The third-order valence-electron chi connectivity index (χ3n) is 4.38. The molecule has 0 saturated heterocycles. The second-order valence-corrected chi connectivity index (χ2v) is 7.26. The number of carbonyl (C=O) groups is 1. The van der Waals surface area contributed by atoms with Crippen LogP contribution in [0, 0.1) is 28.4 Å². The van der Waals surface area contributed by atoms with Crippen molar-refractivity contribution >= 4 is 29.4 Å². The number of hydrogen-bond acceptors (Lipinski definition) is 9. The fourth-order valence-electron chi connectivity index (χ4n) is 2.92. The van der Waals surface area contributed by atoms with Crippen molar-refractivity contribution < 1.29 is 23.6 Å². The van der Waals surface area contributed by atoms with E-state index in [1.54, 1.807) is 25.1 Å². The molecule has 174 valence electrons. The lowest BCUT2D eigenvalue weighted by Gasteiger charge is -2.10. The van der Waals surface area contributed by atoms with Crippen molar-refractivity contribution in [1.29, 1.82) is 5.26 Å². The Labute approximate surface area is 198 Å². The SMILES string of the molecule is COCc1cc(C)nc(OCC(=O)N/N=C\c2ccc(-c3ccc([N+](=O)[O-])c(Cl)c3)o2)c1C#N. The van der Waals surface area contributed by atoms with Gasteiger partial charge in [0, 0.05) is 30.0 Å². The predicted octanol–water partition coefficient (Wildman–Crippen LogP) is 3.76. The molecule has 0 aliphatic carbocycles. The molecule has 0 aliphatic heterocycles. The molecule has 0 saturated carbocycles. The lowest BCUT2D eigenvalue weighted by atomic mass is 10.1. The standard InChI is InChI=1S/C22H18ClN5O6/c1-13-7-15(11-32-2)17(9-24)22(26-13)33-12-21(29)27-25-10-16-4-6-20(34-16)14-3-5-19(28(30)31)18(23)8-14/h3-8,10H,11-12H2,1-2H3,(H,27,29)/b25-10-. The van der Waals surface area contributed by atoms with Gasteiger partial charge in [-0.25, -0.2) is 10.4 Å². The van der Waals surface area contributed by atoms with Gasteiger partial charge in [0.1, 0.15) is 28.2 Å². The molecule has 1 aromatic carbocycles. The molecular weight excluding hydrogens is 466 g/mol. The number of halogens is 1. The zero-order valence-corrected chi connectivity index (χ0v) is 18.8. The van der Waals surface area contributed by atoms with E-state index in [-0.39, 0.29) is 28.8 Å². The van der Waals surface area contributed by atoms with Crippen LogP contribution >= 0.6 is 11.6 Å². The Kier molecular flexibility index (Phi) is 7.92. The largest absolute Gasteiger partial charge is 0.467 e. The van der Waals surface area contributed by atoms with E-state index in [4.69, 9.17) is 25.5 Å². The molecule has 34 heavy (non-hydrogen) atoms. The maximum Gasteiger partial charge on any atom is 0.287 e. The number of nitro benzene ring substituents is 1. The number of amides is 1. The van der Waals surface area contributed by atoms with Crippen LogP contribution in [0.25, 0.3) is 11.3 Å². The minimum absolute atomic E-state index is 0.0154. The van der Waals surface area contributed by atoms with Crippen LogP contribution in [0.4, 0.5) is 5.69 Å². The molecule has 0 radical (unpaired) electrons. The van der Waals surface area contributed by atoms with E-state index in [0.29, 0.717) is 28.3 Å². The summed E-state index contributed by atoms with van der Waals surface area (Å²) in [4.78, 5) is 26.5. The van der Waals surface area contributed by atoms with Gasteiger partial charge in [-0.3, -0.25) is 14.9 Å². The number of methoxy groups -OCH3 is 1. The monoisotopic (exact) mass is 483 g/mol. The molecule has 11 nitrogen and oxygen atoms in total. The quantitative estimate of drug-likeness (QED) is 0.274. The van der Waals surface area contributed by atoms with E-state index >= 15 is 0 Å². The summed E-state index contributed by atoms with van der Waals surface area (Å²) in [5.74, 6) is 0.188. The summed E-state index contributed by atoms with van der Waals surface area (Å²) in [5, 5.41) is 24.1. The number of aryl methyl sites for hydroxylation is 1. The Balaban J connectivity index is 1.60. The number of pyridine rings is 1. The number of rotatable bonds is 9. The smallest absolute Gasteiger partial charge is 0.287 e. The molecular formula is C22H18ClN5O6. The molecule has 0 fully saturated rings. The fraction of sp³-hybridized carbons (Fsp3) is 0.182. The summed E-state index contributed by atoms with van der Waals surface area (Å²) in [6.07, 6.45) is 1.27. The lowest BCUT2D eigenvalue weighted by molar-refractivity contribution is -0.384. The number of nitriles is 1. The van der Waals surface area contributed by atoms with E-state index in [2.05, 4.69) is 15.5 Å². The highest BCUT2D eigenvalue weighted by atomic mass is 35.5. The molecule has 3 aromatic rings. The Hall–Kier alpha value is -4.27. The van der Waals surface area contributed by atoms with E-state index < -0.39 is 17.4 Å². The summed E-state index contributed by atoms with van der Waals surface area (Å²) < 4.78 is 16.1. The number of furan rings is 1. The van der Waals surface area contributed by atoms with Gasteiger partial charge in [-0.2, -0.15) is 10.4 Å². The summed E-state index contributed by atoms with van der Waals surface area (Å²) >= 11 is 5.93. The molecule has 3 rings (SSSR count). The van der Waals surface area contributed by atoms with Gasteiger partial charge in [0.25, 0.3) is 11.6 Å². The molecule has 0 spiro atoms. The molecule has 2 heterocycles. The Morgan fingerprint density at radius 3 is 2.85 bits per heavy atom. The fourth-order valence-corrected chi connectivity index (χ4v) is 3.17. The topological polar surface area (TPSA) is 153 Å². The van der Waals surface area contributed by atoms with Crippen LogP contribution < -0.4 is 10.2 Å². The van der Waals surface area contributed by atoms with Gasteiger partial charge < -0.3 is 13.9 Å². The maximum absolute atomic E-state index is 12.1. The maximum atomic E-state index is 12.1. The van der Waals surface area contributed by atoms with Crippen LogP contribution in [-0.2, 0) is 16.1 Å². The number of benzene rings is 1. The van der Waals surface area contributed by atoms with Gasteiger partial charge in [-0.05, 0) is 37.3 Å². The predicted molar refractivity (Wildman–Crippen MR) is 121 cm³/mol. The molecule has 2 aromatic heterocycles. The third-order valence-corrected chi connectivity index (χ3v) is 4.69. The first-order chi connectivity index (χ1) is 16.3. The van der Waals surface area contributed by atoms with Gasteiger partial charge >= 0.3 is 0 Å². The van der Waals surface area contributed by atoms with E-state index in [0.717, 1.165) is 0 Å². The first-order valence-electron chi connectivity index (χ1n) is 9.70. The number of nitrogens with zero attached hydrogens (tertiary/aromatic N) is 4. The van der Waals surface area contributed by atoms with E-state index in [1.807, 2.05) is 6.07 Å². The average Bonchev–Trinajstić information content (AvgIpc) is 3.26. The van der Waals surface area contributed by atoms with Crippen LogP contribution in [0.1, 0.15) is 22.6 Å². The van der Waals surface area contributed by atoms with Crippen molar-refractivity contribution in [2.45, 2.75) is 13.5 Å². The first-order valence-corrected chi connectivity index (χ1v) is 10.1. The number of ether oxygens (including phenoxy) is 2. The molecule has 0 atom stereocenters. The van der Waals surface area contributed by atoms with Crippen molar-refractivity contribution in [3.05, 3.63) is 74.1 Å². The van der Waals surface area contributed by atoms with Crippen molar-refractivity contribution in [3.8, 4) is 23.3 Å². The molecule has 1 N–H and O–H groups in total. The number of hydrazone groups is 1. The zero-order valence-electron chi connectivity index (χ0n) is 18.1. The van der Waals surface area contributed by atoms with Crippen LogP contribution in [0.15, 0.2) is 45.9 Å². The minimum atomic E-state index is -0.578. The van der Waals surface area contributed by atoms with Gasteiger partial charge in [-0.1, -0.05) is 11.6 Å². The molecule has 0 bridgehead atoms. The highest BCUT2D eigenvalue weighted by molar-refractivity contribution is 6.32. The Bertz CT molecular complexity index is 1300. The summed E-state index contributed by atoms with van der Waals surface area (Å²) in [7, 11) is 1.51. The van der Waals surface area contributed by atoms with Crippen LogP contribution in [-0.4, -0.2) is 35.7 Å². The Morgan fingerprint density at radius 2 is 2.18 bits per heavy atom. The van der Waals surface area contributed by atoms with Crippen molar-refractivity contribution in [3.63, 3.8) is 0 Å². The summed E-state index contributed by atoms with van der Waals surface area (Å²) in [5.41, 5.74) is 4.03. The second kappa shape index (κ2) is 11.0. The number of hydrogen-bond donors (Lipinski definition) is 1. The van der Waals surface area contributed by atoms with Gasteiger partial charge in [-0.15, -0.1) is 0 Å². The highest BCUT2D eigenvalue weighted by Crippen LogP contribution is 2.30. The number of nitro groups is 1. The average molecular weight is 484 g/mol. The number of aromatic nitrogens is 1. The Morgan fingerprint density at radius 1 is 1.38 bits per heavy atom. The first kappa shape index (κ1) is 24.4. The molecule has 0 aliphatic rings. The van der Waals surface area contributed by atoms with Gasteiger partial charge in [0.2, 0.25) is 5.88 Å². The number of carbonyl (C=O) groups excluding carboxylic acids is 1. The highest BCUT2D eigenvalue weighted by Gasteiger charge is 2.15. The zero-order chi connectivity index (χ0) is 24.7. The second-order valence-electron chi connectivity index (χ2n) is 6.85. The number of nitrogens with one attached hydrogen (secondary N) is 1. The molecule has 1 amide bonds. The van der Waals surface area contributed by atoms with Gasteiger partial charge in [0.15, 0.2) is 6.61 Å². The summed E-state index contributed by atoms with van der Waals surface area (Å²) in [6, 6.07) is 11.2. The van der Waals surface area contributed by atoms with Crippen molar-refractivity contribution in [1.82, 2.24) is 10.4 Å². The third kappa shape index (κ3) is 5.94. The molecule has 12 heteroatoms. The summed E-state index contributed by atoms with van der Waals surface area (Å²) in [6.45, 7) is 1.52. The normalized spacial score (nSPS) is 10.8. The van der Waals surface area contributed by atoms with Crippen molar-refractivity contribution in [2.24, 2.45) is 5.10 Å².